The molecule has 2 bridgehead atoms. The normalized spacial score (nSPS) is 45.9. The Hall–Kier alpha value is -2.41. The topological polar surface area (TPSA) is 97.1 Å². The van der Waals surface area contributed by atoms with Gasteiger partial charge in [0.2, 0.25) is 5.91 Å². The van der Waals surface area contributed by atoms with E-state index >= 15 is 0 Å². The number of hydrogen-bond acceptors (Lipinski definition) is 5. The average molecular weight is 357 g/mol. The highest BCUT2D eigenvalue weighted by atomic mass is 16.5. The standard InChI is InChI=1S/C19H19NO6/c1-8-14(11-4-3-7-25-11)20-16(9(2)15(8)21)19-6-5-10(26-19)12(18(23)24)13(19)17(20)22/h3-10,12-14,16H,1-2H3,(H,23,24)/t8-,9+,10-,12-,13+,14-,16-,19+/m1/s1. The molecule has 3 fully saturated rings. The number of hydrogen-bond donors (Lipinski definition) is 1. The summed E-state index contributed by atoms with van der Waals surface area (Å²) < 4.78 is 11.6. The van der Waals surface area contributed by atoms with Crippen molar-refractivity contribution in [3.63, 3.8) is 0 Å². The van der Waals surface area contributed by atoms with Crippen LogP contribution in [0.1, 0.15) is 25.6 Å². The molecular formula is C19H19NO6. The van der Waals surface area contributed by atoms with Gasteiger partial charge in [-0.2, -0.15) is 0 Å². The van der Waals surface area contributed by atoms with Crippen molar-refractivity contribution in [2.75, 3.05) is 0 Å². The fraction of sp³-hybridized carbons (Fsp3) is 0.526. The van der Waals surface area contributed by atoms with Crippen LogP contribution in [0.25, 0.3) is 0 Å². The maximum Gasteiger partial charge on any atom is 0.310 e. The zero-order chi connectivity index (χ0) is 18.4. The van der Waals surface area contributed by atoms with Gasteiger partial charge >= 0.3 is 5.97 Å². The molecule has 3 saturated heterocycles. The molecule has 1 spiro atoms. The van der Waals surface area contributed by atoms with Gasteiger partial charge in [0.05, 0.1) is 30.4 Å². The van der Waals surface area contributed by atoms with E-state index in [-0.39, 0.29) is 11.7 Å². The molecule has 1 aromatic rings. The van der Waals surface area contributed by atoms with E-state index in [0.29, 0.717) is 5.76 Å². The van der Waals surface area contributed by atoms with Crippen molar-refractivity contribution in [1.29, 1.82) is 0 Å². The van der Waals surface area contributed by atoms with E-state index in [1.165, 1.54) is 6.26 Å². The summed E-state index contributed by atoms with van der Waals surface area (Å²) in [6.45, 7) is 3.60. The Morgan fingerprint density at radius 2 is 2.04 bits per heavy atom. The van der Waals surface area contributed by atoms with E-state index in [9.17, 15) is 19.5 Å². The number of carboxylic acid groups (broad SMARTS) is 1. The Kier molecular flexibility index (Phi) is 2.95. The molecule has 26 heavy (non-hydrogen) atoms. The second kappa shape index (κ2) is 4.85. The van der Waals surface area contributed by atoms with Gasteiger partial charge in [-0.3, -0.25) is 14.4 Å². The molecular weight excluding hydrogens is 338 g/mol. The lowest BCUT2D eigenvalue weighted by Gasteiger charge is -2.46. The molecule has 1 amide bonds. The molecule has 0 saturated carbocycles. The molecule has 1 N–H and O–H groups in total. The first-order valence-corrected chi connectivity index (χ1v) is 8.88. The summed E-state index contributed by atoms with van der Waals surface area (Å²) in [5, 5.41) is 9.68. The zero-order valence-corrected chi connectivity index (χ0v) is 14.4. The van der Waals surface area contributed by atoms with Gasteiger partial charge in [-0.05, 0) is 12.1 Å². The van der Waals surface area contributed by atoms with Crippen molar-refractivity contribution in [3.05, 3.63) is 36.3 Å². The third-order valence-corrected chi connectivity index (χ3v) is 6.63. The maximum absolute atomic E-state index is 13.4. The number of piperidine rings is 1. The number of Topliss-reactive ketones (excluding diaryl/α,β-unsaturated/α-hetero) is 1. The number of carboxylic acids is 1. The van der Waals surface area contributed by atoms with Crippen LogP contribution in [0.3, 0.4) is 0 Å². The van der Waals surface area contributed by atoms with Crippen LogP contribution < -0.4 is 0 Å². The summed E-state index contributed by atoms with van der Waals surface area (Å²) in [5.41, 5.74) is -1.05. The van der Waals surface area contributed by atoms with Crippen molar-refractivity contribution in [1.82, 2.24) is 4.90 Å². The smallest absolute Gasteiger partial charge is 0.310 e. The Morgan fingerprint density at radius 1 is 1.27 bits per heavy atom. The van der Waals surface area contributed by atoms with Crippen molar-refractivity contribution in [3.8, 4) is 0 Å². The predicted molar refractivity (Wildman–Crippen MR) is 86.8 cm³/mol. The van der Waals surface area contributed by atoms with E-state index in [1.807, 2.05) is 6.08 Å². The minimum absolute atomic E-state index is 0.0368. The average Bonchev–Trinajstić information content (AvgIpc) is 3.35. The van der Waals surface area contributed by atoms with E-state index < -0.39 is 53.4 Å². The number of nitrogens with zero attached hydrogens (tertiary/aromatic N) is 1. The van der Waals surface area contributed by atoms with Crippen LogP contribution in [-0.2, 0) is 19.1 Å². The van der Waals surface area contributed by atoms with Gasteiger partial charge in [-0.15, -0.1) is 0 Å². The van der Waals surface area contributed by atoms with Crippen molar-refractivity contribution in [2.45, 2.75) is 37.6 Å². The first-order valence-electron chi connectivity index (χ1n) is 8.88. The van der Waals surface area contributed by atoms with Gasteiger partial charge in [-0.25, -0.2) is 0 Å². The maximum atomic E-state index is 13.4. The van der Waals surface area contributed by atoms with E-state index in [4.69, 9.17) is 9.15 Å². The SMILES string of the molecule is C[C@H]1C(=O)[C@H](C)[C@H]2N(C(=O)[C@@H]3[C@H](C(=O)O)[C@H]4C=C[C@]32O4)[C@H]1c1ccco1. The number of ketones is 1. The minimum Gasteiger partial charge on any atom is -0.481 e. The summed E-state index contributed by atoms with van der Waals surface area (Å²) >= 11 is 0. The number of fused-ring (bicyclic) bond motifs is 2. The van der Waals surface area contributed by atoms with Crippen molar-refractivity contribution >= 4 is 17.7 Å². The van der Waals surface area contributed by atoms with Gasteiger partial charge in [0.1, 0.15) is 23.1 Å². The summed E-state index contributed by atoms with van der Waals surface area (Å²) in [7, 11) is 0. The highest BCUT2D eigenvalue weighted by molar-refractivity contribution is 5.96. The largest absolute Gasteiger partial charge is 0.481 e. The fourth-order valence-electron chi connectivity index (χ4n) is 5.65. The highest BCUT2D eigenvalue weighted by Gasteiger charge is 2.75. The van der Waals surface area contributed by atoms with Gasteiger partial charge in [0.15, 0.2) is 0 Å². The number of aliphatic carboxylic acids is 1. The summed E-state index contributed by atoms with van der Waals surface area (Å²) in [6, 6.07) is 2.41. The second-order valence-corrected chi connectivity index (χ2v) is 7.77. The summed E-state index contributed by atoms with van der Waals surface area (Å²) in [4.78, 5) is 39.9. The number of carbonyl (C=O) groups excluding carboxylic acids is 2. The van der Waals surface area contributed by atoms with E-state index in [2.05, 4.69) is 0 Å². The number of amides is 1. The zero-order valence-electron chi connectivity index (χ0n) is 14.4. The molecule has 8 atom stereocenters. The van der Waals surface area contributed by atoms with Crippen LogP contribution >= 0.6 is 0 Å². The van der Waals surface area contributed by atoms with Gasteiger partial charge in [0.25, 0.3) is 0 Å². The van der Waals surface area contributed by atoms with Crippen LogP contribution in [0.2, 0.25) is 0 Å². The molecule has 136 valence electrons. The van der Waals surface area contributed by atoms with E-state index in [0.717, 1.165) is 0 Å². The number of ether oxygens (including phenoxy) is 1. The molecule has 0 unspecified atom stereocenters. The van der Waals surface area contributed by atoms with Crippen LogP contribution in [-0.4, -0.2) is 45.4 Å². The lowest BCUT2D eigenvalue weighted by atomic mass is 9.69. The lowest BCUT2D eigenvalue weighted by Crippen LogP contribution is -2.58. The molecule has 0 aromatic carbocycles. The molecule has 0 radical (unpaired) electrons. The number of rotatable bonds is 2. The number of carbonyl (C=O) groups is 3. The highest BCUT2D eigenvalue weighted by Crippen LogP contribution is 2.60. The third-order valence-electron chi connectivity index (χ3n) is 6.63. The Balaban J connectivity index is 1.69. The fourth-order valence-corrected chi connectivity index (χ4v) is 5.65. The quantitative estimate of drug-likeness (QED) is 0.804. The first kappa shape index (κ1) is 15.8. The Morgan fingerprint density at radius 3 is 2.69 bits per heavy atom. The van der Waals surface area contributed by atoms with Gasteiger partial charge in [-0.1, -0.05) is 26.0 Å². The molecule has 5 rings (SSSR count). The van der Waals surface area contributed by atoms with Gasteiger partial charge in [0, 0.05) is 11.8 Å². The minimum atomic E-state index is -1.05. The van der Waals surface area contributed by atoms with Gasteiger partial charge < -0.3 is 19.2 Å². The van der Waals surface area contributed by atoms with Crippen LogP contribution in [0.5, 0.6) is 0 Å². The van der Waals surface area contributed by atoms with Crippen LogP contribution in [0.15, 0.2) is 35.0 Å². The molecule has 1 aromatic heterocycles. The van der Waals surface area contributed by atoms with E-state index in [1.54, 1.807) is 37.0 Å². The Bertz CT molecular complexity index is 844. The summed E-state index contributed by atoms with van der Waals surface area (Å²) in [5.74, 6) is -3.33. The Labute approximate surface area is 149 Å². The van der Waals surface area contributed by atoms with Crippen LogP contribution in [0.4, 0.5) is 0 Å². The predicted octanol–water partition coefficient (Wildman–Crippen LogP) is 1.41. The molecule has 5 heterocycles. The molecule has 4 aliphatic heterocycles. The second-order valence-electron chi connectivity index (χ2n) is 7.77. The molecule has 0 aliphatic carbocycles. The van der Waals surface area contributed by atoms with Crippen molar-refractivity contribution in [2.24, 2.45) is 23.7 Å². The molecule has 7 heteroatoms. The number of furan rings is 1. The first-order chi connectivity index (χ1) is 12.4. The third kappa shape index (κ3) is 1.60. The molecule has 7 nitrogen and oxygen atoms in total. The monoisotopic (exact) mass is 357 g/mol. The lowest BCUT2D eigenvalue weighted by molar-refractivity contribution is -0.156. The van der Waals surface area contributed by atoms with Crippen LogP contribution in [0, 0.1) is 23.7 Å². The summed E-state index contributed by atoms with van der Waals surface area (Å²) in [6.07, 6.45) is 4.43. The molecule has 4 aliphatic rings. The van der Waals surface area contributed by atoms with Crippen molar-refractivity contribution < 1.29 is 28.6 Å².